The number of hydrogen-bond acceptors (Lipinski definition) is 8. The monoisotopic (exact) mass is 640 g/mol. The molecule has 4 aromatic carbocycles. The molecule has 1 aliphatic rings. The van der Waals surface area contributed by atoms with E-state index in [4.69, 9.17) is 9.47 Å². The lowest BCUT2D eigenvalue weighted by atomic mass is 9.44. The van der Waals surface area contributed by atoms with Gasteiger partial charge in [0.05, 0.1) is 14.2 Å². The molecule has 47 heavy (non-hydrogen) atoms. The van der Waals surface area contributed by atoms with Gasteiger partial charge in [0.25, 0.3) is 0 Å². The minimum Gasteiger partial charge on any atom is -0.497 e. The first kappa shape index (κ1) is 34.3. The fourth-order valence-corrected chi connectivity index (χ4v) is 7.42. The number of ether oxygens (including phenoxy) is 2. The van der Waals surface area contributed by atoms with Gasteiger partial charge in [-0.15, -0.1) is 6.58 Å². The first-order chi connectivity index (χ1) is 22.4. The molecule has 8 heteroatoms. The molecule has 5 rings (SSSR count). The van der Waals surface area contributed by atoms with Crippen molar-refractivity contribution in [1.82, 2.24) is 0 Å². The molecular formula is C39H44O8. The summed E-state index contributed by atoms with van der Waals surface area (Å²) >= 11 is 0. The van der Waals surface area contributed by atoms with E-state index in [1.54, 1.807) is 109 Å². The molecule has 6 atom stereocenters. The van der Waals surface area contributed by atoms with Crippen molar-refractivity contribution >= 4 is 0 Å². The maximum atomic E-state index is 13.4. The largest absolute Gasteiger partial charge is 0.497 e. The molecule has 1 fully saturated rings. The van der Waals surface area contributed by atoms with Crippen LogP contribution in [0.5, 0.6) is 11.5 Å². The Morgan fingerprint density at radius 2 is 0.894 bits per heavy atom. The van der Waals surface area contributed by atoms with Crippen molar-refractivity contribution in [2.75, 3.05) is 14.2 Å². The van der Waals surface area contributed by atoms with Gasteiger partial charge in [0.15, 0.2) is 0 Å². The van der Waals surface area contributed by atoms with Crippen molar-refractivity contribution in [3.8, 4) is 11.5 Å². The zero-order valence-corrected chi connectivity index (χ0v) is 26.8. The molecule has 248 valence electrons. The smallest absolute Gasteiger partial charge is 0.132 e. The Morgan fingerprint density at radius 1 is 0.532 bits per heavy atom. The summed E-state index contributed by atoms with van der Waals surface area (Å²) in [7, 11) is 3.05. The van der Waals surface area contributed by atoms with E-state index >= 15 is 0 Å². The maximum absolute atomic E-state index is 13.4. The summed E-state index contributed by atoms with van der Waals surface area (Å²) < 4.78 is 10.6. The quantitative estimate of drug-likeness (QED) is 0.129. The van der Waals surface area contributed by atoms with Crippen LogP contribution in [-0.4, -0.2) is 79.0 Å². The van der Waals surface area contributed by atoms with Crippen molar-refractivity contribution < 1.29 is 40.1 Å². The molecule has 0 bridgehead atoms. The molecule has 0 saturated heterocycles. The molecule has 0 aliphatic heterocycles. The molecule has 1 saturated carbocycles. The SMILES string of the molecule is C=CC[C@@]1(O)[C@H](O)[C@](O)(Cc2ccc(OC)cc2)[C@](O)(Cc2ccc(OC)cc2)[C@@](O)(Cc2ccccc2)[C@]1(O)Cc1ccccc1. The van der Waals surface area contributed by atoms with Crippen LogP contribution in [0.25, 0.3) is 0 Å². The van der Waals surface area contributed by atoms with Gasteiger partial charge in [-0.2, -0.15) is 0 Å². The lowest BCUT2D eigenvalue weighted by Gasteiger charge is -2.69. The average Bonchev–Trinajstić information content (AvgIpc) is 3.08. The Bertz CT molecular complexity index is 1630. The Labute approximate surface area is 275 Å². The summed E-state index contributed by atoms with van der Waals surface area (Å²) in [6.45, 7) is 3.78. The number of hydrogen-bond donors (Lipinski definition) is 6. The third-order valence-electron chi connectivity index (χ3n) is 10.0. The molecule has 4 aromatic rings. The van der Waals surface area contributed by atoms with Crippen molar-refractivity contribution in [2.24, 2.45) is 0 Å². The van der Waals surface area contributed by atoms with Gasteiger partial charge in [0.2, 0.25) is 0 Å². The molecule has 1 aliphatic carbocycles. The predicted octanol–water partition coefficient (Wildman–Crippen LogP) is 3.58. The number of aliphatic hydroxyl groups is 6. The highest BCUT2D eigenvalue weighted by molar-refractivity contribution is 5.42. The van der Waals surface area contributed by atoms with Crippen LogP contribution in [0.15, 0.2) is 122 Å². The highest BCUT2D eigenvalue weighted by Gasteiger charge is 2.82. The second kappa shape index (κ2) is 13.2. The third kappa shape index (κ3) is 5.75. The Hall–Kier alpha value is -4.02. The van der Waals surface area contributed by atoms with Gasteiger partial charge in [-0.25, -0.2) is 0 Å². The molecule has 0 unspecified atom stereocenters. The lowest BCUT2D eigenvalue weighted by Crippen LogP contribution is -2.92. The molecule has 0 heterocycles. The highest BCUT2D eigenvalue weighted by atomic mass is 16.5. The molecule has 8 nitrogen and oxygen atoms in total. The number of rotatable bonds is 12. The second-order valence-corrected chi connectivity index (χ2v) is 12.7. The molecule has 0 spiro atoms. The van der Waals surface area contributed by atoms with Gasteiger partial charge in [0.1, 0.15) is 45.6 Å². The molecule has 0 radical (unpaired) electrons. The van der Waals surface area contributed by atoms with Crippen molar-refractivity contribution in [3.63, 3.8) is 0 Å². The van der Waals surface area contributed by atoms with Gasteiger partial charge >= 0.3 is 0 Å². The van der Waals surface area contributed by atoms with E-state index in [2.05, 4.69) is 6.58 Å². The van der Waals surface area contributed by atoms with E-state index in [1.165, 1.54) is 20.3 Å². The first-order valence-electron chi connectivity index (χ1n) is 15.6. The summed E-state index contributed by atoms with van der Waals surface area (Å²) in [5.41, 5.74) is -11.2. The highest BCUT2D eigenvalue weighted by Crippen LogP contribution is 2.59. The standard InChI is InChI=1S/C39H44O8/c1-4-23-35(41)34(40)36(42,24-30-15-19-32(46-2)20-16-30)38(44,26-31-17-21-33(47-3)22-18-31)39(45,27-29-13-9-6-10-14-29)37(35,43)25-28-11-7-5-8-12-28/h4-22,34,40-45H,1,23-27H2,2-3H3/t34-,35+,36+,37-,38+,39+/m0/s1. The van der Waals surface area contributed by atoms with Crippen LogP contribution in [0.4, 0.5) is 0 Å². The van der Waals surface area contributed by atoms with Crippen LogP contribution in [0.1, 0.15) is 28.7 Å². The Kier molecular flexibility index (Phi) is 9.67. The Balaban J connectivity index is 1.82. The van der Waals surface area contributed by atoms with Crippen LogP contribution in [0.2, 0.25) is 0 Å². The number of methoxy groups -OCH3 is 2. The van der Waals surface area contributed by atoms with Crippen molar-refractivity contribution in [3.05, 3.63) is 144 Å². The molecule has 0 aromatic heterocycles. The molecular weight excluding hydrogens is 596 g/mol. The van der Waals surface area contributed by atoms with Gasteiger partial charge < -0.3 is 40.1 Å². The van der Waals surface area contributed by atoms with Gasteiger partial charge in [-0.05, 0) is 52.9 Å². The van der Waals surface area contributed by atoms with Gasteiger partial charge in [-0.3, -0.25) is 0 Å². The van der Waals surface area contributed by atoms with Crippen LogP contribution < -0.4 is 9.47 Å². The number of benzene rings is 4. The van der Waals surface area contributed by atoms with Crippen molar-refractivity contribution in [1.29, 1.82) is 0 Å². The minimum absolute atomic E-state index is 0.373. The van der Waals surface area contributed by atoms with E-state index in [0.29, 0.717) is 33.8 Å². The molecule has 0 amide bonds. The van der Waals surface area contributed by atoms with E-state index in [0.717, 1.165) is 0 Å². The van der Waals surface area contributed by atoms with E-state index < -0.39 is 53.4 Å². The second-order valence-electron chi connectivity index (χ2n) is 12.7. The lowest BCUT2D eigenvalue weighted by molar-refractivity contribution is -0.407. The average molecular weight is 641 g/mol. The summed E-state index contributed by atoms with van der Waals surface area (Å²) in [5.74, 6) is 1.11. The zero-order chi connectivity index (χ0) is 33.9. The van der Waals surface area contributed by atoms with Crippen LogP contribution in [0.3, 0.4) is 0 Å². The fourth-order valence-electron chi connectivity index (χ4n) is 7.42. The van der Waals surface area contributed by atoms with Crippen molar-refractivity contribution in [2.45, 2.75) is 66.2 Å². The minimum atomic E-state index is -2.69. The summed E-state index contributed by atoms with van der Waals surface area (Å²) in [4.78, 5) is 0. The van der Waals surface area contributed by atoms with Crippen LogP contribution >= 0.6 is 0 Å². The molecule has 6 N–H and O–H groups in total. The van der Waals surface area contributed by atoms with E-state index in [1.807, 2.05) is 0 Å². The normalized spacial score (nSPS) is 30.4. The summed E-state index contributed by atoms with van der Waals surface area (Å²) in [6, 6.07) is 30.9. The first-order valence-corrected chi connectivity index (χ1v) is 15.6. The van der Waals surface area contributed by atoms with Crippen LogP contribution in [0, 0.1) is 0 Å². The van der Waals surface area contributed by atoms with Crippen LogP contribution in [-0.2, 0) is 25.7 Å². The summed E-state index contributed by atoms with van der Waals surface area (Å²) in [6.07, 6.45) is -2.85. The number of aliphatic hydroxyl groups excluding tert-OH is 1. The van der Waals surface area contributed by atoms with Gasteiger partial charge in [-0.1, -0.05) is 91.0 Å². The predicted molar refractivity (Wildman–Crippen MR) is 179 cm³/mol. The van der Waals surface area contributed by atoms with Gasteiger partial charge in [0, 0.05) is 25.7 Å². The third-order valence-corrected chi connectivity index (χ3v) is 10.0. The Morgan fingerprint density at radius 3 is 1.30 bits per heavy atom. The van der Waals surface area contributed by atoms with E-state index in [9.17, 15) is 30.6 Å². The zero-order valence-electron chi connectivity index (χ0n) is 26.8. The topological polar surface area (TPSA) is 140 Å². The maximum Gasteiger partial charge on any atom is 0.132 e. The van der Waals surface area contributed by atoms with E-state index in [-0.39, 0.29) is 12.8 Å². The summed E-state index contributed by atoms with van der Waals surface area (Å²) in [5, 5.41) is 77.6. The fraction of sp³-hybridized carbons (Fsp3) is 0.333.